The summed E-state index contributed by atoms with van der Waals surface area (Å²) in [5.74, 6) is 2.56. The van der Waals surface area contributed by atoms with Crippen molar-refractivity contribution in [2.75, 3.05) is 40.4 Å². The largest absolute Gasteiger partial charge is 0.497 e. The Bertz CT molecular complexity index is 1110. The molecule has 0 unspecified atom stereocenters. The lowest BCUT2D eigenvalue weighted by Gasteiger charge is -2.16. The molecule has 0 atom stereocenters. The Hall–Kier alpha value is -3.71. The lowest BCUT2D eigenvalue weighted by Crippen LogP contribution is -2.33. The van der Waals surface area contributed by atoms with Gasteiger partial charge >= 0.3 is 0 Å². The Kier molecular flexibility index (Phi) is 9.05. The van der Waals surface area contributed by atoms with Crippen LogP contribution in [0.1, 0.15) is 34.3 Å². The Morgan fingerprint density at radius 2 is 1.33 bits per heavy atom. The molecule has 7 nitrogen and oxygen atoms in total. The minimum absolute atomic E-state index is 0.120. The number of rotatable bonds is 12. The molecule has 4 rings (SSSR count). The number of amides is 1. The fourth-order valence-corrected chi connectivity index (χ4v) is 4.08. The van der Waals surface area contributed by atoms with Crippen molar-refractivity contribution in [3.63, 3.8) is 0 Å². The van der Waals surface area contributed by atoms with Crippen LogP contribution in [-0.4, -0.2) is 51.2 Å². The Morgan fingerprint density at radius 1 is 0.778 bits per heavy atom. The molecule has 1 fully saturated rings. The Morgan fingerprint density at radius 3 is 1.89 bits per heavy atom. The molecule has 1 amide bonds. The highest BCUT2D eigenvalue weighted by Gasteiger charge is 2.14. The van der Waals surface area contributed by atoms with Gasteiger partial charge in [-0.2, -0.15) is 0 Å². The molecule has 190 valence electrons. The van der Waals surface area contributed by atoms with Gasteiger partial charge in [0.05, 0.1) is 14.2 Å². The maximum Gasteiger partial charge on any atom is 0.251 e. The number of ether oxygens (including phenoxy) is 4. The van der Waals surface area contributed by atoms with Crippen molar-refractivity contribution in [2.24, 2.45) is 0 Å². The van der Waals surface area contributed by atoms with E-state index >= 15 is 0 Å². The van der Waals surface area contributed by atoms with Crippen LogP contribution in [0.4, 0.5) is 0 Å². The second-order valence-corrected chi connectivity index (χ2v) is 8.74. The summed E-state index contributed by atoms with van der Waals surface area (Å²) in [7, 11) is 3.28. The molecular weight excluding hydrogens is 456 g/mol. The number of benzene rings is 3. The van der Waals surface area contributed by atoms with Gasteiger partial charge in [-0.1, -0.05) is 24.3 Å². The molecule has 0 aromatic heterocycles. The standard InChI is InChI=1S/C29H34N2O5/c1-33-25-10-5-22(6-11-25)20-35-27-14-9-24(29(32)30-15-18-31-16-3-4-17-31)19-28(27)36-21-23-7-12-26(34-2)13-8-23/h5-14,19H,3-4,15-18,20-21H2,1-2H3,(H,30,32). The van der Waals surface area contributed by atoms with Gasteiger partial charge in [-0.25, -0.2) is 0 Å². The smallest absolute Gasteiger partial charge is 0.251 e. The van der Waals surface area contributed by atoms with E-state index in [1.165, 1.54) is 12.8 Å². The van der Waals surface area contributed by atoms with E-state index in [-0.39, 0.29) is 5.91 Å². The lowest BCUT2D eigenvalue weighted by molar-refractivity contribution is 0.0949. The number of carbonyl (C=O) groups is 1. The van der Waals surface area contributed by atoms with E-state index in [1.54, 1.807) is 32.4 Å². The van der Waals surface area contributed by atoms with Crippen LogP contribution in [0.15, 0.2) is 66.7 Å². The molecule has 1 N–H and O–H groups in total. The zero-order valence-corrected chi connectivity index (χ0v) is 21.0. The van der Waals surface area contributed by atoms with E-state index < -0.39 is 0 Å². The second-order valence-electron chi connectivity index (χ2n) is 8.74. The minimum atomic E-state index is -0.120. The highest BCUT2D eigenvalue weighted by atomic mass is 16.5. The first-order valence-electron chi connectivity index (χ1n) is 12.3. The average molecular weight is 491 g/mol. The van der Waals surface area contributed by atoms with Gasteiger partial charge < -0.3 is 29.2 Å². The fraction of sp³-hybridized carbons (Fsp3) is 0.345. The number of likely N-dealkylation sites (tertiary alicyclic amines) is 1. The van der Waals surface area contributed by atoms with Crippen molar-refractivity contribution in [1.29, 1.82) is 0 Å². The molecule has 0 bridgehead atoms. The molecule has 1 aliphatic rings. The first kappa shape index (κ1) is 25.4. The van der Waals surface area contributed by atoms with Gasteiger partial charge in [0.1, 0.15) is 24.7 Å². The fourth-order valence-electron chi connectivity index (χ4n) is 4.08. The number of hydrogen-bond donors (Lipinski definition) is 1. The molecule has 3 aromatic carbocycles. The summed E-state index contributed by atoms with van der Waals surface area (Å²) in [6.45, 7) is 4.41. The van der Waals surface area contributed by atoms with Gasteiger partial charge in [0.15, 0.2) is 11.5 Å². The third-order valence-corrected chi connectivity index (χ3v) is 6.22. The van der Waals surface area contributed by atoms with E-state index in [0.717, 1.165) is 42.3 Å². The van der Waals surface area contributed by atoms with Crippen LogP contribution >= 0.6 is 0 Å². The summed E-state index contributed by atoms with van der Waals surface area (Å²) in [6.07, 6.45) is 2.47. The van der Waals surface area contributed by atoms with Crippen LogP contribution in [0.5, 0.6) is 23.0 Å². The molecule has 0 aliphatic carbocycles. The highest BCUT2D eigenvalue weighted by Crippen LogP contribution is 2.30. The first-order chi connectivity index (χ1) is 17.6. The Balaban J connectivity index is 1.43. The molecule has 1 aliphatic heterocycles. The topological polar surface area (TPSA) is 69.3 Å². The summed E-state index contributed by atoms with van der Waals surface area (Å²) < 4.78 is 22.7. The van der Waals surface area contributed by atoms with E-state index in [2.05, 4.69) is 10.2 Å². The first-order valence-corrected chi connectivity index (χ1v) is 12.3. The SMILES string of the molecule is COc1ccc(COc2ccc(C(=O)NCCN3CCCC3)cc2OCc2ccc(OC)cc2)cc1. The van der Waals surface area contributed by atoms with E-state index in [0.29, 0.717) is 36.8 Å². The number of hydrogen-bond acceptors (Lipinski definition) is 6. The molecule has 7 heteroatoms. The normalized spacial score (nSPS) is 13.3. The molecule has 0 saturated carbocycles. The zero-order chi connectivity index (χ0) is 25.2. The van der Waals surface area contributed by atoms with Crippen LogP contribution in [0, 0.1) is 0 Å². The molecule has 36 heavy (non-hydrogen) atoms. The van der Waals surface area contributed by atoms with Crippen molar-refractivity contribution >= 4 is 5.91 Å². The van der Waals surface area contributed by atoms with Crippen LogP contribution in [-0.2, 0) is 13.2 Å². The maximum atomic E-state index is 12.8. The monoisotopic (exact) mass is 490 g/mol. The summed E-state index contributed by atoms with van der Waals surface area (Å²) >= 11 is 0. The van der Waals surface area contributed by atoms with Crippen molar-refractivity contribution in [1.82, 2.24) is 10.2 Å². The zero-order valence-electron chi connectivity index (χ0n) is 21.0. The molecule has 1 heterocycles. The van der Waals surface area contributed by atoms with Gasteiger partial charge in [0.2, 0.25) is 0 Å². The van der Waals surface area contributed by atoms with Gasteiger partial charge in [-0.3, -0.25) is 4.79 Å². The number of methoxy groups -OCH3 is 2. The average Bonchev–Trinajstić information content (AvgIpc) is 3.45. The van der Waals surface area contributed by atoms with Crippen molar-refractivity contribution < 1.29 is 23.7 Å². The molecule has 1 saturated heterocycles. The van der Waals surface area contributed by atoms with E-state index in [9.17, 15) is 4.79 Å². The highest BCUT2D eigenvalue weighted by molar-refractivity contribution is 5.94. The third kappa shape index (κ3) is 7.15. The van der Waals surface area contributed by atoms with Gasteiger partial charge in [0.25, 0.3) is 5.91 Å². The summed E-state index contributed by atoms with van der Waals surface area (Å²) in [4.78, 5) is 15.2. The van der Waals surface area contributed by atoms with Crippen molar-refractivity contribution in [3.8, 4) is 23.0 Å². The van der Waals surface area contributed by atoms with Crippen molar-refractivity contribution in [3.05, 3.63) is 83.4 Å². The molecule has 3 aromatic rings. The van der Waals surface area contributed by atoms with Crippen LogP contribution in [0.2, 0.25) is 0 Å². The summed E-state index contributed by atoms with van der Waals surface area (Å²) in [6, 6.07) is 20.7. The van der Waals surface area contributed by atoms with Crippen LogP contribution in [0.3, 0.4) is 0 Å². The minimum Gasteiger partial charge on any atom is -0.497 e. The van der Waals surface area contributed by atoms with E-state index in [1.807, 2.05) is 48.5 Å². The quantitative estimate of drug-likeness (QED) is 0.397. The van der Waals surface area contributed by atoms with Crippen molar-refractivity contribution in [2.45, 2.75) is 26.1 Å². The summed E-state index contributed by atoms with van der Waals surface area (Å²) in [5, 5.41) is 3.02. The van der Waals surface area contributed by atoms with Gasteiger partial charge in [-0.05, 0) is 79.5 Å². The van der Waals surface area contributed by atoms with Gasteiger partial charge in [0, 0.05) is 18.7 Å². The predicted molar refractivity (Wildman–Crippen MR) is 139 cm³/mol. The van der Waals surface area contributed by atoms with Gasteiger partial charge in [-0.15, -0.1) is 0 Å². The molecule has 0 radical (unpaired) electrons. The molecule has 0 spiro atoms. The van der Waals surface area contributed by atoms with E-state index in [4.69, 9.17) is 18.9 Å². The lowest BCUT2D eigenvalue weighted by atomic mass is 10.1. The predicted octanol–water partition coefficient (Wildman–Crippen LogP) is 4.69. The number of carbonyl (C=O) groups excluding carboxylic acids is 1. The van der Waals surface area contributed by atoms with Crippen LogP contribution in [0.25, 0.3) is 0 Å². The number of nitrogens with one attached hydrogen (secondary N) is 1. The summed E-state index contributed by atoms with van der Waals surface area (Å²) in [5.41, 5.74) is 2.52. The Labute approximate surface area is 212 Å². The number of nitrogens with zero attached hydrogens (tertiary/aromatic N) is 1. The third-order valence-electron chi connectivity index (χ3n) is 6.22. The maximum absolute atomic E-state index is 12.8. The van der Waals surface area contributed by atoms with Crippen LogP contribution < -0.4 is 24.3 Å². The molecular formula is C29H34N2O5. The second kappa shape index (κ2) is 12.8.